The quantitative estimate of drug-likeness (QED) is 0.418. The van der Waals surface area contributed by atoms with Crippen molar-refractivity contribution >= 4 is 45.3 Å². The summed E-state index contributed by atoms with van der Waals surface area (Å²) in [4.78, 5) is 15.5. The van der Waals surface area contributed by atoms with E-state index in [0.29, 0.717) is 11.1 Å². The molecule has 5 aromatic rings. The lowest BCUT2D eigenvalue weighted by atomic mass is 10.1. The summed E-state index contributed by atoms with van der Waals surface area (Å²) in [5.41, 5.74) is 6.45. The number of nitrogens with one attached hydrogen (secondary N) is 3. The molecule has 0 spiro atoms. The molecule has 128 valence electrons. The monoisotopic (exact) mass is 363 g/mol. The molecule has 0 radical (unpaired) electrons. The SMILES string of the molecule is Cn1cc(-c2ccc3[nH]c(Nc4c[nH]c5ccc(Cl)nc45)nc3c2)cn1. The minimum Gasteiger partial charge on any atom is -0.358 e. The highest BCUT2D eigenvalue weighted by Crippen LogP contribution is 2.28. The van der Waals surface area contributed by atoms with Gasteiger partial charge in [0.05, 0.1) is 28.4 Å². The molecule has 0 aliphatic rings. The number of nitrogens with zero attached hydrogens (tertiary/aromatic N) is 4. The van der Waals surface area contributed by atoms with Crippen molar-refractivity contribution in [1.82, 2.24) is 29.7 Å². The summed E-state index contributed by atoms with van der Waals surface area (Å²) in [5, 5.41) is 7.94. The Balaban J connectivity index is 1.52. The number of hydrogen-bond donors (Lipinski definition) is 3. The molecule has 26 heavy (non-hydrogen) atoms. The van der Waals surface area contributed by atoms with Gasteiger partial charge in [-0.25, -0.2) is 9.97 Å². The largest absolute Gasteiger partial charge is 0.358 e. The van der Waals surface area contributed by atoms with Crippen LogP contribution in [-0.2, 0) is 7.05 Å². The van der Waals surface area contributed by atoms with Gasteiger partial charge >= 0.3 is 0 Å². The zero-order chi connectivity index (χ0) is 17.7. The van der Waals surface area contributed by atoms with Crippen LogP contribution in [0.3, 0.4) is 0 Å². The molecule has 3 N–H and O–H groups in total. The van der Waals surface area contributed by atoms with Crippen LogP contribution in [0.4, 0.5) is 11.6 Å². The lowest BCUT2D eigenvalue weighted by molar-refractivity contribution is 0.768. The molecular formula is C18H14ClN7. The molecular weight excluding hydrogens is 350 g/mol. The fourth-order valence-electron chi connectivity index (χ4n) is 3.01. The number of aryl methyl sites for hydroxylation is 1. The Bertz CT molecular complexity index is 1250. The molecule has 0 saturated heterocycles. The average molecular weight is 364 g/mol. The lowest BCUT2D eigenvalue weighted by Gasteiger charge is -1.99. The van der Waals surface area contributed by atoms with Crippen LogP contribution in [0.1, 0.15) is 0 Å². The average Bonchev–Trinajstić information content (AvgIpc) is 3.33. The van der Waals surface area contributed by atoms with Gasteiger partial charge < -0.3 is 15.3 Å². The number of fused-ring (bicyclic) bond motifs is 2. The predicted octanol–water partition coefficient (Wildman–Crippen LogP) is 4.24. The second-order valence-corrected chi connectivity index (χ2v) is 6.46. The molecule has 0 amide bonds. The van der Waals surface area contributed by atoms with Gasteiger partial charge in [0.1, 0.15) is 10.7 Å². The van der Waals surface area contributed by atoms with E-state index in [0.717, 1.165) is 38.9 Å². The molecule has 0 saturated carbocycles. The molecule has 7 nitrogen and oxygen atoms in total. The van der Waals surface area contributed by atoms with Crippen molar-refractivity contribution in [2.24, 2.45) is 7.05 Å². The third kappa shape index (κ3) is 2.49. The molecule has 0 aliphatic carbocycles. The molecule has 0 aliphatic heterocycles. The van der Waals surface area contributed by atoms with Gasteiger partial charge in [0.15, 0.2) is 0 Å². The van der Waals surface area contributed by atoms with E-state index in [-0.39, 0.29) is 0 Å². The number of anilines is 2. The highest BCUT2D eigenvalue weighted by atomic mass is 35.5. The van der Waals surface area contributed by atoms with Crippen molar-refractivity contribution in [3.05, 3.63) is 54.1 Å². The third-order valence-electron chi connectivity index (χ3n) is 4.26. The molecule has 0 bridgehead atoms. The van der Waals surface area contributed by atoms with Crippen molar-refractivity contribution < 1.29 is 0 Å². The zero-order valence-corrected chi connectivity index (χ0v) is 14.5. The van der Waals surface area contributed by atoms with E-state index < -0.39 is 0 Å². The number of hydrogen-bond acceptors (Lipinski definition) is 4. The fourth-order valence-corrected chi connectivity index (χ4v) is 3.16. The van der Waals surface area contributed by atoms with Crippen molar-refractivity contribution in [3.8, 4) is 11.1 Å². The maximum atomic E-state index is 6.01. The van der Waals surface area contributed by atoms with Crippen LogP contribution >= 0.6 is 11.6 Å². The first-order valence-corrected chi connectivity index (χ1v) is 8.43. The minimum absolute atomic E-state index is 0.450. The number of imidazole rings is 1. The van der Waals surface area contributed by atoms with Crippen LogP contribution in [0.15, 0.2) is 48.9 Å². The summed E-state index contributed by atoms with van der Waals surface area (Å²) in [7, 11) is 1.90. The van der Waals surface area contributed by atoms with E-state index in [2.05, 4.69) is 30.4 Å². The molecule has 8 heteroatoms. The number of pyridine rings is 1. The number of aromatic nitrogens is 6. The first kappa shape index (κ1) is 15.0. The van der Waals surface area contributed by atoms with Crippen LogP contribution in [0.25, 0.3) is 33.2 Å². The summed E-state index contributed by atoms with van der Waals surface area (Å²) in [6.45, 7) is 0. The first-order valence-electron chi connectivity index (χ1n) is 8.05. The van der Waals surface area contributed by atoms with Gasteiger partial charge in [-0.2, -0.15) is 5.10 Å². The maximum Gasteiger partial charge on any atom is 0.205 e. The van der Waals surface area contributed by atoms with Crippen LogP contribution in [-0.4, -0.2) is 29.7 Å². The van der Waals surface area contributed by atoms with Gasteiger partial charge in [0, 0.05) is 25.0 Å². The molecule has 1 aromatic carbocycles. The Morgan fingerprint density at radius 3 is 2.81 bits per heavy atom. The van der Waals surface area contributed by atoms with Crippen LogP contribution in [0, 0.1) is 0 Å². The number of rotatable bonds is 3. The van der Waals surface area contributed by atoms with E-state index in [1.165, 1.54) is 0 Å². The maximum absolute atomic E-state index is 6.01. The Hall–Kier alpha value is -3.32. The van der Waals surface area contributed by atoms with Crippen LogP contribution < -0.4 is 5.32 Å². The highest BCUT2D eigenvalue weighted by Gasteiger charge is 2.10. The number of aromatic amines is 2. The molecule has 0 atom stereocenters. The normalized spacial score (nSPS) is 11.5. The van der Waals surface area contributed by atoms with Crippen molar-refractivity contribution in [2.75, 3.05) is 5.32 Å². The Morgan fingerprint density at radius 2 is 1.96 bits per heavy atom. The minimum atomic E-state index is 0.450. The van der Waals surface area contributed by atoms with Crippen LogP contribution in [0.5, 0.6) is 0 Å². The molecule has 5 rings (SSSR count). The topological polar surface area (TPSA) is 87.2 Å². The lowest BCUT2D eigenvalue weighted by Crippen LogP contribution is -1.91. The summed E-state index contributed by atoms with van der Waals surface area (Å²) in [6, 6.07) is 9.76. The van der Waals surface area contributed by atoms with Crippen molar-refractivity contribution in [3.63, 3.8) is 0 Å². The molecule has 0 fully saturated rings. The smallest absolute Gasteiger partial charge is 0.205 e. The van der Waals surface area contributed by atoms with Gasteiger partial charge in [-0.05, 0) is 29.8 Å². The molecule has 0 unspecified atom stereocenters. The van der Waals surface area contributed by atoms with E-state index in [9.17, 15) is 0 Å². The van der Waals surface area contributed by atoms with E-state index >= 15 is 0 Å². The standard InChI is InChI=1S/C18H14ClN7/c1-26-9-11(7-21-26)10-2-3-12-14(6-10)23-18(22-12)24-15-8-20-13-4-5-16(19)25-17(13)15/h2-9,20H,1H3,(H2,22,23,24). The first-order chi connectivity index (χ1) is 12.7. The van der Waals surface area contributed by atoms with E-state index in [4.69, 9.17) is 11.6 Å². The Labute approximate surface area is 153 Å². The summed E-state index contributed by atoms with van der Waals surface area (Å²) in [6.07, 6.45) is 5.67. The summed E-state index contributed by atoms with van der Waals surface area (Å²) >= 11 is 6.01. The molecule has 4 aromatic heterocycles. The van der Waals surface area contributed by atoms with Crippen molar-refractivity contribution in [1.29, 1.82) is 0 Å². The summed E-state index contributed by atoms with van der Waals surface area (Å²) in [5.74, 6) is 0.644. The van der Waals surface area contributed by atoms with Gasteiger partial charge in [0.2, 0.25) is 5.95 Å². The number of benzene rings is 1. The Kier molecular flexibility index (Phi) is 3.23. The fraction of sp³-hybridized carbons (Fsp3) is 0.0556. The zero-order valence-electron chi connectivity index (χ0n) is 13.8. The van der Waals surface area contributed by atoms with E-state index in [1.54, 1.807) is 10.7 Å². The van der Waals surface area contributed by atoms with Gasteiger partial charge in [-0.3, -0.25) is 4.68 Å². The molecule has 4 heterocycles. The van der Waals surface area contributed by atoms with E-state index in [1.807, 2.05) is 49.9 Å². The van der Waals surface area contributed by atoms with Crippen LogP contribution in [0.2, 0.25) is 5.15 Å². The van der Waals surface area contributed by atoms with Gasteiger partial charge in [0.25, 0.3) is 0 Å². The second kappa shape index (κ2) is 5.60. The Morgan fingerprint density at radius 1 is 1.08 bits per heavy atom. The van der Waals surface area contributed by atoms with Gasteiger partial charge in [-0.15, -0.1) is 0 Å². The van der Waals surface area contributed by atoms with Crippen molar-refractivity contribution in [2.45, 2.75) is 0 Å². The number of halogens is 1. The third-order valence-corrected chi connectivity index (χ3v) is 4.47. The second-order valence-electron chi connectivity index (χ2n) is 6.08. The number of H-pyrrole nitrogens is 2. The highest BCUT2D eigenvalue weighted by molar-refractivity contribution is 6.29. The summed E-state index contributed by atoms with van der Waals surface area (Å²) < 4.78 is 1.78. The predicted molar refractivity (Wildman–Crippen MR) is 103 cm³/mol. The van der Waals surface area contributed by atoms with Gasteiger partial charge in [-0.1, -0.05) is 17.7 Å².